The fraction of sp³-hybridized carbons (Fsp3) is 0.370. The minimum Gasteiger partial charge on any atom is -0.453 e. The molecule has 2 aliphatic heterocycles. The van der Waals surface area contributed by atoms with Gasteiger partial charge in [0.05, 0.1) is 42.0 Å². The van der Waals surface area contributed by atoms with Gasteiger partial charge in [-0.05, 0) is 43.7 Å². The number of rotatable bonds is 5. The van der Waals surface area contributed by atoms with Crippen molar-refractivity contribution in [2.24, 2.45) is 0 Å². The summed E-state index contributed by atoms with van der Waals surface area (Å²) in [5.41, 5.74) is 4.93. The number of carbonyl (C=O) groups excluding carboxylic acids is 2. The van der Waals surface area contributed by atoms with Crippen LogP contribution >= 0.6 is 0 Å². The summed E-state index contributed by atoms with van der Waals surface area (Å²) in [6, 6.07) is 9.42. The van der Waals surface area contributed by atoms with Crippen molar-refractivity contribution in [2.75, 3.05) is 63.6 Å². The number of ether oxygens (including phenoxy) is 1. The van der Waals surface area contributed by atoms with E-state index in [2.05, 4.69) is 25.5 Å². The molecule has 0 spiro atoms. The standard InChI is InChI=1S/C27H31N9O3/c1-18-4-5-21(36-29-15-24(31-36)19-16-34(17-19)27(38)39-3)12-23(18)30-26(37)22-14-28-35-7-6-20(13-25(22)35)33-10-8-32(2)9-11-33/h4-7,12-15,19H,8-11,16-17H2,1-3H3,(H,30,37)/i2D3. The van der Waals surface area contributed by atoms with Crippen LogP contribution in [-0.4, -0.2) is 99.8 Å². The summed E-state index contributed by atoms with van der Waals surface area (Å²) in [6.45, 7) is 2.88. The number of anilines is 2. The van der Waals surface area contributed by atoms with Crippen LogP contribution < -0.4 is 10.2 Å². The molecule has 4 aromatic rings. The lowest BCUT2D eigenvalue weighted by atomic mass is 9.98. The zero-order chi connectivity index (χ0) is 29.6. The van der Waals surface area contributed by atoms with Gasteiger partial charge in [0.15, 0.2) is 0 Å². The fourth-order valence-corrected chi connectivity index (χ4v) is 4.89. The highest BCUT2D eigenvalue weighted by Crippen LogP contribution is 2.27. The van der Waals surface area contributed by atoms with Crippen molar-refractivity contribution in [3.63, 3.8) is 0 Å². The van der Waals surface area contributed by atoms with Crippen molar-refractivity contribution < 1.29 is 18.4 Å². The lowest BCUT2D eigenvalue weighted by Gasteiger charge is -2.36. The van der Waals surface area contributed by atoms with Gasteiger partial charge >= 0.3 is 6.09 Å². The normalized spacial score (nSPS) is 17.8. The molecule has 0 radical (unpaired) electrons. The first-order valence-electron chi connectivity index (χ1n) is 14.3. The number of fused-ring (bicyclic) bond motifs is 1. The summed E-state index contributed by atoms with van der Waals surface area (Å²) >= 11 is 0. The van der Waals surface area contributed by atoms with Crippen molar-refractivity contribution in [1.29, 1.82) is 0 Å². The number of hydrogen-bond acceptors (Lipinski definition) is 8. The predicted octanol–water partition coefficient (Wildman–Crippen LogP) is 2.39. The number of amides is 2. The summed E-state index contributed by atoms with van der Waals surface area (Å²) in [5, 5.41) is 16.4. The number of likely N-dealkylation sites (N-methyl/N-ethyl adjacent to an activating group) is 1. The molecule has 202 valence electrons. The Labute approximate surface area is 229 Å². The molecule has 2 saturated heterocycles. The largest absolute Gasteiger partial charge is 0.453 e. The van der Waals surface area contributed by atoms with E-state index in [-0.39, 0.29) is 17.9 Å². The van der Waals surface area contributed by atoms with Crippen molar-refractivity contribution in [3.8, 4) is 5.69 Å². The molecule has 6 rings (SSSR count). The van der Waals surface area contributed by atoms with Gasteiger partial charge in [0.2, 0.25) is 0 Å². The summed E-state index contributed by atoms with van der Waals surface area (Å²) < 4.78 is 29.3. The SMILES string of the molecule is [2H]C([2H])([2H])N1CCN(c2ccn3ncc(C(=O)Nc4cc(-n5ncc(C6CN(C(=O)OC)C6)n5)ccc4C)c3c2)CC1. The number of pyridine rings is 1. The second-order valence-electron chi connectivity index (χ2n) is 9.83. The molecular formula is C27H31N9O3. The Kier molecular flexibility index (Phi) is 5.52. The molecular weight excluding hydrogens is 498 g/mol. The molecule has 0 saturated carbocycles. The molecule has 1 aromatic carbocycles. The number of nitrogens with zero attached hydrogens (tertiary/aromatic N) is 8. The van der Waals surface area contributed by atoms with E-state index in [1.165, 1.54) is 23.0 Å². The maximum atomic E-state index is 13.5. The number of likely N-dealkylation sites (tertiary alicyclic amines) is 1. The van der Waals surface area contributed by atoms with Crippen molar-refractivity contribution in [3.05, 3.63) is 65.7 Å². The Balaban J connectivity index is 1.17. The highest BCUT2D eigenvalue weighted by atomic mass is 16.5. The van der Waals surface area contributed by atoms with Crippen LogP contribution in [0, 0.1) is 6.92 Å². The fourth-order valence-electron chi connectivity index (χ4n) is 4.89. The van der Waals surface area contributed by atoms with Gasteiger partial charge in [-0.25, -0.2) is 9.31 Å². The predicted molar refractivity (Wildman–Crippen MR) is 146 cm³/mol. The number of carbonyl (C=O) groups is 2. The minimum absolute atomic E-state index is 0.0911. The average molecular weight is 533 g/mol. The van der Waals surface area contributed by atoms with Gasteiger partial charge in [0.25, 0.3) is 5.91 Å². The molecule has 0 unspecified atom stereocenters. The Morgan fingerprint density at radius 3 is 2.64 bits per heavy atom. The molecule has 0 bridgehead atoms. The van der Waals surface area contributed by atoms with E-state index in [9.17, 15) is 9.59 Å². The van der Waals surface area contributed by atoms with E-state index >= 15 is 0 Å². The van der Waals surface area contributed by atoms with Crippen LogP contribution in [0.1, 0.15) is 31.6 Å². The van der Waals surface area contributed by atoms with Crippen molar-refractivity contribution in [1.82, 2.24) is 34.4 Å². The van der Waals surface area contributed by atoms with Gasteiger partial charge in [-0.3, -0.25) is 4.79 Å². The summed E-state index contributed by atoms with van der Waals surface area (Å²) in [7, 11) is 1.36. The topological polar surface area (TPSA) is 113 Å². The smallest absolute Gasteiger partial charge is 0.409 e. The zero-order valence-corrected chi connectivity index (χ0v) is 21.7. The zero-order valence-electron chi connectivity index (χ0n) is 24.7. The third-order valence-electron chi connectivity index (χ3n) is 7.34. The number of nitrogens with one attached hydrogen (secondary N) is 1. The van der Waals surface area contributed by atoms with Gasteiger partial charge in [-0.15, -0.1) is 0 Å². The van der Waals surface area contributed by atoms with E-state index in [4.69, 9.17) is 8.85 Å². The maximum Gasteiger partial charge on any atom is 0.409 e. The van der Waals surface area contributed by atoms with Gasteiger partial charge in [0, 0.05) is 66.9 Å². The highest BCUT2D eigenvalue weighted by Gasteiger charge is 2.34. The molecule has 2 aliphatic rings. The Morgan fingerprint density at radius 1 is 1.05 bits per heavy atom. The van der Waals surface area contributed by atoms with E-state index in [0.717, 1.165) is 16.9 Å². The lowest BCUT2D eigenvalue weighted by molar-refractivity contribution is 0.0871. The first kappa shape index (κ1) is 21.5. The molecule has 0 atom stereocenters. The third-order valence-corrected chi connectivity index (χ3v) is 7.34. The van der Waals surface area contributed by atoms with Gasteiger partial charge in [0.1, 0.15) is 0 Å². The number of aromatic nitrogens is 5. The molecule has 12 nitrogen and oxygen atoms in total. The third kappa shape index (κ3) is 4.78. The van der Waals surface area contributed by atoms with Crippen LogP contribution in [0.15, 0.2) is 48.9 Å². The molecule has 5 heterocycles. The first-order chi connectivity index (χ1) is 20.1. The lowest BCUT2D eigenvalue weighted by Crippen LogP contribution is -2.48. The van der Waals surface area contributed by atoms with Crippen molar-refractivity contribution >= 4 is 28.9 Å². The maximum absolute atomic E-state index is 13.5. The number of piperazine rings is 1. The van der Waals surface area contributed by atoms with E-state index < -0.39 is 6.98 Å². The number of hydrogen-bond donors (Lipinski definition) is 1. The molecule has 2 amide bonds. The quantitative estimate of drug-likeness (QED) is 0.417. The average Bonchev–Trinajstić information content (AvgIpc) is 3.60. The summed E-state index contributed by atoms with van der Waals surface area (Å²) in [4.78, 5) is 31.8. The van der Waals surface area contributed by atoms with Crippen LogP contribution in [0.5, 0.6) is 0 Å². The number of aryl methyl sites for hydroxylation is 1. The molecule has 39 heavy (non-hydrogen) atoms. The number of benzene rings is 1. The van der Waals surface area contributed by atoms with Crippen LogP contribution in [-0.2, 0) is 4.74 Å². The van der Waals surface area contributed by atoms with Gasteiger partial charge in [-0.2, -0.15) is 20.1 Å². The van der Waals surface area contributed by atoms with E-state index in [1.54, 1.807) is 21.8 Å². The molecule has 3 aromatic heterocycles. The Morgan fingerprint density at radius 2 is 1.87 bits per heavy atom. The Hall–Kier alpha value is -4.45. The van der Waals surface area contributed by atoms with Crippen molar-refractivity contribution in [2.45, 2.75) is 12.8 Å². The van der Waals surface area contributed by atoms with E-state index in [0.29, 0.717) is 61.7 Å². The van der Waals surface area contributed by atoms with Crippen LogP contribution in [0.25, 0.3) is 11.2 Å². The molecule has 12 heteroatoms. The van der Waals surface area contributed by atoms with Gasteiger partial charge in [-0.1, -0.05) is 6.07 Å². The summed E-state index contributed by atoms with van der Waals surface area (Å²) in [6.07, 6.45) is 4.68. The minimum atomic E-state index is -2.10. The second-order valence-corrected chi connectivity index (χ2v) is 9.83. The van der Waals surface area contributed by atoms with Crippen LogP contribution in [0.2, 0.25) is 0 Å². The monoisotopic (exact) mass is 532 g/mol. The van der Waals surface area contributed by atoms with Crippen LogP contribution in [0.3, 0.4) is 0 Å². The van der Waals surface area contributed by atoms with Gasteiger partial charge < -0.3 is 24.8 Å². The molecule has 2 fully saturated rings. The Bertz CT molecular complexity index is 1640. The van der Waals surface area contributed by atoms with Crippen LogP contribution in [0.4, 0.5) is 16.2 Å². The number of methoxy groups -OCH3 is 1. The molecule has 0 aliphatic carbocycles. The highest BCUT2D eigenvalue weighted by molar-refractivity contribution is 6.09. The first-order valence-corrected chi connectivity index (χ1v) is 12.8. The second kappa shape index (κ2) is 10.0. The van der Waals surface area contributed by atoms with E-state index in [1.807, 2.05) is 37.3 Å². The molecule has 1 N–H and O–H groups in total. The summed E-state index contributed by atoms with van der Waals surface area (Å²) in [5.74, 6) is -0.213.